The van der Waals surface area contributed by atoms with Gasteiger partial charge in [-0.25, -0.2) is 9.18 Å². The number of benzene rings is 2. The molecule has 6 nitrogen and oxygen atoms in total. The zero-order valence-corrected chi connectivity index (χ0v) is 16.9. The highest BCUT2D eigenvalue weighted by Crippen LogP contribution is 2.45. The predicted octanol–water partition coefficient (Wildman–Crippen LogP) is 3.94. The highest BCUT2D eigenvalue weighted by atomic mass is 19.1. The monoisotopic (exact) mass is 411 g/mol. The summed E-state index contributed by atoms with van der Waals surface area (Å²) in [4.78, 5) is 25.6. The quantitative estimate of drug-likeness (QED) is 0.713. The van der Waals surface area contributed by atoms with Crippen LogP contribution in [-0.2, 0) is 4.79 Å². The number of carbonyl (C=O) groups is 2. The van der Waals surface area contributed by atoms with Gasteiger partial charge in [-0.3, -0.25) is 4.79 Å². The van der Waals surface area contributed by atoms with Crippen molar-refractivity contribution >= 4 is 17.6 Å². The van der Waals surface area contributed by atoms with Gasteiger partial charge in [0.2, 0.25) is 5.91 Å². The maximum Gasteiger partial charge on any atom is 0.319 e. The molecule has 1 saturated carbocycles. The maximum atomic E-state index is 13.1. The Balaban J connectivity index is 1.59. The van der Waals surface area contributed by atoms with Crippen molar-refractivity contribution in [2.75, 3.05) is 12.4 Å². The van der Waals surface area contributed by atoms with Crippen molar-refractivity contribution in [1.29, 1.82) is 0 Å². The molecule has 158 valence electrons. The van der Waals surface area contributed by atoms with Crippen LogP contribution in [0.25, 0.3) is 0 Å². The lowest BCUT2D eigenvalue weighted by atomic mass is 9.70. The van der Waals surface area contributed by atoms with Crippen LogP contribution in [0.5, 0.6) is 5.75 Å². The molecule has 2 aromatic carbocycles. The van der Waals surface area contributed by atoms with Crippen LogP contribution in [0.15, 0.2) is 48.5 Å². The summed E-state index contributed by atoms with van der Waals surface area (Å²) in [5.41, 5.74) is 1.08. The van der Waals surface area contributed by atoms with Crippen LogP contribution in [-0.4, -0.2) is 30.6 Å². The lowest BCUT2D eigenvalue weighted by molar-refractivity contribution is -0.121. The second-order valence-electron chi connectivity index (χ2n) is 8.04. The summed E-state index contributed by atoms with van der Waals surface area (Å²) in [5.74, 6) is 0.00405. The second-order valence-corrected chi connectivity index (χ2v) is 8.04. The second kappa shape index (κ2) is 8.34. The Bertz CT molecular complexity index is 908. The molecule has 2 aromatic rings. The SMILES string of the molecule is COc1ccc([C@H]2C(NC(=O)Nc3ccc(F)cc3)C(=O)NC23CCCCC3)cc1. The first-order chi connectivity index (χ1) is 14.5. The molecule has 7 heteroatoms. The van der Waals surface area contributed by atoms with Gasteiger partial charge >= 0.3 is 6.03 Å². The molecule has 1 heterocycles. The number of halogens is 1. The minimum atomic E-state index is -0.697. The zero-order valence-electron chi connectivity index (χ0n) is 16.9. The number of nitrogens with one attached hydrogen (secondary N) is 3. The number of anilines is 1. The van der Waals surface area contributed by atoms with Gasteiger partial charge in [0.05, 0.1) is 7.11 Å². The third kappa shape index (κ3) is 3.97. The van der Waals surface area contributed by atoms with Crippen LogP contribution >= 0.6 is 0 Å². The third-order valence-corrected chi connectivity index (χ3v) is 6.19. The molecule has 2 atom stereocenters. The largest absolute Gasteiger partial charge is 0.497 e. The Morgan fingerprint density at radius 2 is 1.73 bits per heavy atom. The molecule has 1 unspecified atom stereocenters. The average Bonchev–Trinajstić information content (AvgIpc) is 3.00. The summed E-state index contributed by atoms with van der Waals surface area (Å²) >= 11 is 0. The number of methoxy groups -OCH3 is 1. The van der Waals surface area contributed by atoms with Crippen molar-refractivity contribution in [1.82, 2.24) is 10.6 Å². The molecule has 0 bridgehead atoms. The van der Waals surface area contributed by atoms with E-state index in [1.165, 1.54) is 24.3 Å². The average molecular weight is 411 g/mol. The first-order valence-electron chi connectivity index (χ1n) is 10.3. The molecule has 30 heavy (non-hydrogen) atoms. The van der Waals surface area contributed by atoms with Crippen molar-refractivity contribution in [3.8, 4) is 5.75 Å². The molecule has 1 aliphatic heterocycles. The zero-order chi connectivity index (χ0) is 21.1. The lowest BCUT2D eigenvalue weighted by Crippen LogP contribution is -2.48. The van der Waals surface area contributed by atoms with Crippen molar-refractivity contribution in [2.24, 2.45) is 0 Å². The molecule has 3 amide bonds. The van der Waals surface area contributed by atoms with Crippen LogP contribution < -0.4 is 20.7 Å². The molecule has 0 radical (unpaired) electrons. The Kier molecular flexibility index (Phi) is 5.61. The van der Waals surface area contributed by atoms with Gasteiger partial charge < -0.3 is 20.7 Å². The van der Waals surface area contributed by atoms with Gasteiger partial charge in [-0.2, -0.15) is 0 Å². The summed E-state index contributed by atoms with van der Waals surface area (Å²) in [6.45, 7) is 0. The van der Waals surface area contributed by atoms with E-state index in [4.69, 9.17) is 4.74 Å². The maximum absolute atomic E-state index is 13.1. The van der Waals surface area contributed by atoms with Gasteiger partial charge in [-0.1, -0.05) is 31.4 Å². The first-order valence-corrected chi connectivity index (χ1v) is 10.3. The third-order valence-electron chi connectivity index (χ3n) is 6.19. The summed E-state index contributed by atoms with van der Waals surface area (Å²) in [7, 11) is 1.61. The molecule has 1 spiro atoms. The number of ether oxygens (including phenoxy) is 1. The predicted molar refractivity (Wildman–Crippen MR) is 112 cm³/mol. The molecular weight excluding hydrogens is 385 g/mol. The van der Waals surface area contributed by atoms with Crippen molar-refractivity contribution in [3.05, 3.63) is 59.9 Å². The van der Waals surface area contributed by atoms with E-state index in [9.17, 15) is 14.0 Å². The van der Waals surface area contributed by atoms with Gasteiger partial charge in [-0.05, 0) is 54.8 Å². The minimum Gasteiger partial charge on any atom is -0.497 e. The number of amides is 3. The summed E-state index contributed by atoms with van der Waals surface area (Å²) in [6.07, 6.45) is 5.00. The van der Waals surface area contributed by atoms with Gasteiger partial charge in [0.25, 0.3) is 0 Å². The van der Waals surface area contributed by atoms with Crippen LogP contribution in [0, 0.1) is 5.82 Å². The molecule has 2 aliphatic rings. The first kappa shape index (κ1) is 20.2. The lowest BCUT2D eigenvalue weighted by Gasteiger charge is -2.39. The normalized spacial score (nSPS) is 22.4. The fraction of sp³-hybridized carbons (Fsp3) is 0.391. The van der Waals surface area contributed by atoms with Gasteiger partial charge in [0.1, 0.15) is 17.6 Å². The van der Waals surface area contributed by atoms with Crippen LogP contribution in [0.3, 0.4) is 0 Å². The van der Waals surface area contributed by atoms with E-state index in [0.717, 1.165) is 43.4 Å². The van der Waals surface area contributed by atoms with Crippen LogP contribution in [0.2, 0.25) is 0 Å². The van der Waals surface area contributed by atoms with Crippen LogP contribution in [0.4, 0.5) is 14.9 Å². The molecule has 3 N–H and O–H groups in total. The van der Waals surface area contributed by atoms with Crippen molar-refractivity contribution in [2.45, 2.75) is 49.6 Å². The van der Waals surface area contributed by atoms with Crippen molar-refractivity contribution in [3.63, 3.8) is 0 Å². The highest BCUT2D eigenvalue weighted by Gasteiger charge is 2.54. The molecule has 0 aromatic heterocycles. The fourth-order valence-electron chi connectivity index (χ4n) is 4.80. The number of carbonyl (C=O) groups excluding carboxylic acids is 2. The van der Waals surface area contributed by atoms with E-state index >= 15 is 0 Å². The van der Waals surface area contributed by atoms with Gasteiger partial charge in [0, 0.05) is 17.1 Å². The van der Waals surface area contributed by atoms with E-state index < -0.39 is 12.1 Å². The highest BCUT2D eigenvalue weighted by molar-refractivity contribution is 5.96. The van der Waals surface area contributed by atoms with Gasteiger partial charge in [0.15, 0.2) is 0 Å². The van der Waals surface area contributed by atoms with E-state index in [1.807, 2.05) is 24.3 Å². The standard InChI is InChI=1S/C23H26FN3O3/c1-30-18-11-5-15(6-12-18)19-20(21(28)27-23(19)13-3-2-4-14-23)26-22(29)25-17-9-7-16(24)8-10-17/h5-12,19-20H,2-4,13-14H2,1H3,(H,27,28)(H2,25,26,29)/t19-,20?/m0/s1. The molecular formula is C23H26FN3O3. The summed E-state index contributed by atoms with van der Waals surface area (Å²) in [5, 5.41) is 8.75. The molecule has 2 fully saturated rings. The molecule has 4 rings (SSSR count). The Hall–Kier alpha value is -3.09. The van der Waals surface area contributed by atoms with Crippen LogP contribution in [0.1, 0.15) is 43.6 Å². The number of hydrogen-bond acceptors (Lipinski definition) is 3. The summed E-state index contributed by atoms with van der Waals surface area (Å²) < 4.78 is 18.4. The molecule has 1 saturated heterocycles. The van der Waals surface area contributed by atoms with Crippen molar-refractivity contribution < 1.29 is 18.7 Å². The van der Waals surface area contributed by atoms with E-state index in [2.05, 4.69) is 16.0 Å². The minimum absolute atomic E-state index is 0.174. The summed E-state index contributed by atoms with van der Waals surface area (Å²) in [6, 6.07) is 12.0. The Morgan fingerprint density at radius 3 is 2.37 bits per heavy atom. The van der Waals surface area contributed by atoms with E-state index in [0.29, 0.717) is 5.69 Å². The number of rotatable bonds is 4. The molecule has 1 aliphatic carbocycles. The fourth-order valence-corrected chi connectivity index (χ4v) is 4.80. The van der Waals surface area contributed by atoms with E-state index in [1.54, 1.807) is 7.11 Å². The topological polar surface area (TPSA) is 79.5 Å². The Morgan fingerprint density at radius 1 is 1.07 bits per heavy atom. The smallest absolute Gasteiger partial charge is 0.319 e. The number of hydrogen-bond donors (Lipinski definition) is 3. The number of urea groups is 1. The van der Waals surface area contributed by atoms with E-state index in [-0.39, 0.29) is 23.2 Å². The van der Waals surface area contributed by atoms with Gasteiger partial charge in [-0.15, -0.1) is 0 Å². The Labute approximate surface area is 175 Å².